The Morgan fingerprint density at radius 2 is 1.73 bits per heavy atom. The maximum Gasteiger partial charge on any atom is 0.0506 e. The van der Waals surface area contributed by atoms with Gasteiger partial charge in [0.1, 0.15) is 0 Å². The highest BCUT2D eigenvalue weighted by Crippen LogP contribution is 2.21. The summed E-state index contributed by atoms with van der Waals surface area (Å²) < 4.78 is 0. The fraction of sp³-hybridized carbons (Fsp3) is 1.00. The monoisotopic (exact) mass is 161 g/mol. The maximum absolute atomic E-state index is 8.89. The molecule has 68 valence electrons. The number of unbranched alkanes of at least 4 members (excludes halogenated alkanes) is 1. The van der Waals surface area contributed by atoms with Crippen molar-refractivity contribution < 1.29 is 10.2 Å². The van der Waals surface area contributed by atoms with Crippen LogP contribution >= 0.6 is 0 Å². The van der Waals surface area contributed by atoms with Crippen molar-refractivity contribution in [3.05, 3.63) is 0 Å². The molecule has 0 aliphatic heterocycles. The van der Waals surface area contributed by atoms with Crippen LogP contribution in [-0.2, 0) is 0 Å². The molecule has 0 saturated carbocycles. The summed E-state index contributed by atoms with van der Waals surface area (Å²) in [6, 6.07) is 0. The lowest BCUT2D eigenvalue weighted by Gasteiger charge is -2.23. The number of aliphatic hydroxyl groups excluding tert-OH is 2. The molecule has 0 heterocycles. The van der Waals surface area contributed by atoms with Crippen molar-refractivity contribution in [1.29, 1.82) is 0 Å². The molecular formula is C8H19NO2. The van der Waals surface area contributed by atoms with Gasteiger partial charge < -0.3 is 15.9 Å². The normalized spacial score (nSPS) is 12.0. The van der Waals surface area contributed by atoms with Crippen LogP contribution < -0.4 is 5.73 Å². The smallest absolute Gasteiger partial charge is 0.0506 e. The lowest BCUT2D eigenvalue weighted by atomic mass is 9.87. The second kappa shape index (κ2) is 5.52. The van der Waals surface area contributed by atoms with Crippen LogP contribution in [0.5, 0.6) is 0 Å². The zero-order valence-electron chi connectivity index (χ0n) is 7.21. The first-order valence-corrected chi connectivity index (χ1v) is 4.10. The number of aliphatic hydroxyl groups is 2. The predicted molar refractivity (Wildman–Crippen MR) is 45.2 cm³/mol. The van der Waals surface area contributed by atoms with E-state index in [1.54, 1.807) is 0 Å². The van der Waals surface area contributed by atoms with Crippen molar-refractivity contribution in [1.82, 2.24) is 0 Å². The molecule has 3 nitrogen and oxygen atoms in total. The molecule has 0 aliphatic carbocycles. The summed E-state index contributed by atoms with van der Waals surface area (Å²) in [7, 11) is 0. The van der Waals surface area contributed by atoms with Crippen LogP contribution in [0, 0.1) is 5.41 Å². The SMILES string of the molecule is CC(CO)(CO)CCCCN. The second-order valence-electron chi connectivity index (χ2n) is 3.37. The van der Waals surface area contributed by atoms with Crippen LogP contribution in [0.2, 0.25) is 0 Å². The van der Waals surface area contributed by atoms with Crippen LogP contribution in [0.1, 0.15) is 26.2 Å². The van der Waals surface area contributed by atoms with Crippen molar-refractivity contribution in [2.75, 3.05) is 19.8 Å². The third-order valence-corrected chi connectivity index (χ3v) is 2.00. The summed E-state index contributed by atoms with van der Waals surface area (Å²) in [6.07, 6.45) is 2.79. The van der Waals surface area contributed by atoms with E-state index in [1.807, 2.05) is 6.92 Å². The lowest BCUT2D eigenvalue weighted by Crippen LogP contribution is -2.25. The summed E-state index contributed by atoms with van der Waals surface area (Å²) in [5.41, 5.74) is 5.01. The minimum atomic E-state index is -0.310. The molecule has 0 rings (SSSR count). The van der Waals surface area contributed by atoms with Crippen molar-refractivity contribution in [2.24, 2.45) is 11.1 Å². The topological polar surface area (TPSA) is 66.5 Å². The largest absolute Gasteiger partial charge is 0.396 e. The molecule has 0 atom stereocenters. The summed E-state index contributed by atoms with van der Waals surface area (Å²) in [6.45, 7) is 2.67. The van der Waals surface area contributed by atoms with E-state index in [0.29, 0.717) is 6.54 Å². The summed E-state index contributed by atoms with van der Waals surface area (Å²) in [5, 5.41) is 17.8. The van der Waals surface area contributed by atoms with Gasteiger partial charge in [-0.1, -0.05) is 13.3 Å². The zero-order valence-corrected chi connectivity index (χ0v) is 7.21. The lowest BCUT2D eigenvalue weighted by molar-refractivity contribution is 0.0608. The molecule has 0 spiro atoms. The number of hydrogen-bond acceptors (Lipinski definition) is 3. The van der Waals surface area contributed by atoms with Gasteiger partial charge in [-0.3, -0.25) is 0 Å². The molecule has 4 N–H and O–H groups in total. The van der Waals surface area contributed by atoms with E-state index < -0.39 is 0 Å². The number of hydrogen-bond donors (Lipinski definition) is 3. The van der Waals surface area contributed by atoms with Gasteiger partial charge >= 0.3 is 0 Å². The molecule has 0 fully saturated rings. The molecule has 0 aliphatic rings. The Morgan fingerprint density at radius 1 is 1.18 bits per heavy atom. The van der Waals surface area contributed by atoms with Gasteiger partial charge in [-0.05, 0) is 19.4 Å². The summed E-state index contributed by atoms with van der Waals surface area (Å²) >= 11 is 0. The number of nitrogens with two attached hydrogens (primary N) is 1. The maximum atomic E-state index is 8.89. The average Bonchev–Trinajstić information content (AvgIpc) is 2.05. The molecule has 0 saturated heterocycles. The molecule has 0 aromatic carbocycles. The summed E-state index contributed by atoms with van der Waals surface area (Å²) in [5.74, 6) is 0. The van der Waals surface area contributed by atoms with Crippen LogP contribution in [-0.4, -0.2) is 30.0 Å². The van der Waals surface area contributed by atoms with Gasteiger partial charge in [-0.2, -0.15) is 0 Å². The highest BCUT2D eigenvalue weighted by atomic mass is 16.3. The van der Waals surface area contributed by atoms with Crippen LogP contribution in [0.3, 0.4) is 0 Å². The third-order valence-electron chi connectivity index (χ3n) is 2.00. The standard InChI is InChI=1S/C8H19NO2/c1-8(6-10,7-11)4-2-3-5-9/h10-11H,2-7,9H2,1H3. The van der Waals surface area contributed by atoms with Gasteiger partial charge in [-0.15, -0.1) is 0 Å². The number of rotatable bonds is 6. The van der Waals surface area contributed by atoms with E-state index in [9.17, 15) is 0 Å². The molecule has 0 amide bonds. The van der Waals surface area contributed by atoms with Crippen molar-refractivity contribution in [3.8, 4) is 0 Å². The van der Waals surface area contributed by atoms with Crippen LogP contribution in [0.15, 0.2) is 0 Å². The highest BCUT2D eigenvalue weighted by molar-refractivity contribution is 4.71. The van der Waals surface area contributed by atoms with Crippen LogP contribution in [0.4, 0.5) is 0 Å². The fourth-order valence-electron chi connectivity index (χ4n) is 0.904. The van der Waals surface area contributed by atoms with Crippen molar-refractivity contribution in [3.63, 3.8) is 0 Å². The summed E-state index contributed by atoms with van der Waals surface area (Å²) in [4.78, 5) is 0. The molecule has 0 aromatic rings. The molecule has 0 unspecified atom stereocenters. The zero-order chi connectivity index (χ0) is 8.74. The molecule has 0 radical (unpaired) electrons. The third kappa shape index (κ3) is 4.35. The first-order valence-electron chi connectivity index (χ1n) is 4.10. The molecule has 0 aromatic heterocycles. The molecule has 3 heteroatoms. The fourth-order valence-corrected chi connectivity index (χ4v) is 0.904. The van der Waals surface area contributed by atoms with Crippen LogP contribution in [0.25, 0.3) is 0 Å². The van der Waals surface area contributed by atoms with Crippen molar-refractivity contribution >= 4 is 0 Å². The first-order chi connectivity index (χ1) is 5.18. The van der Waals surface area contributed by atoms with Crippen molar-refractivity contribution in [2.45, 2.75) is 26.2 Å². The Kier molecular flexibility index (Phi) is 5.46. The first kappa shape index (κ1) is 10.9. The van der Waals surface area contributed by atoms with E-state index in [-0.39, 0.29) is 18.6 Å². The van der Waals surface area contributed by atoms with E-state index in [2.05, 4.69) is 0 Å². The Morgan fingerprint density at radius 3 is 2.09 bits per heavy atom. The van der Waals surface area contributed by atoms with Gasteiger partial charge in [0.05, 0.1) is 13.2 Å². The van der Waals surface area contributed by atoms with Gasteiger partial charge in [0.15, 0.2) is 0 Å². The van der Waals surface area contributed by atoms with Gasteiger partial charge in [0, 0.05) is 5.41 Å². The van der Waals surface area contributed by atoms with E-state index >= 15 is 0 Å². The Labute approximate surface area is 68.2 Å². The average molecular weight is 161 g/mol. The second-order valence-corrected chi connectivity index (χ2v) is 3.37. The molecule has 0 bridgehead atoms. The van der Waals surface area contributed by atoms with E-state index in [4.69, 9.17) is 15.9 Å². The Hall–Kier alpha value is -0.120. The predicted octanol–water partition coefficient (Wildman–Crippen LogP) is 0.106. The minimum Gasteiger partial charge on any atom is -0.396 e. The molecular weight excluding hydrogens is 142 g/mol. The van der Waals surface area contributed by atoms with Gasteiger partial charge in [0.25, 0.3) is 0 Å². The van der Waals surface area contributed by atoms with E-state index in [1.165, 1.54) is 0 Å². The Bertz CT molecular complexity index is 92.1. The quantitative estimate of drug-likeness (QED) is 0.484. The van der Waals surface area contributed by atoms with E-state index in [0.717, 1.165) is 19.3 Å². The van der Waals surface area contributed by atoms with Gasteiger partial charge in [0.2, 0.25) is 0 Å². The highest BCUT2D eigenvalue weighted by Gasteiger charge is 2.20. The molecule has 11 heavy (non-hydrogen) atoms. The Balaban J connectivity index is 3.51. The van der Waals surface area contributed by atoms with Gasteiger partial charge in [-0.25, -0.2) is 0 Å². The minimum absolute atomic E-state index is 0.0497.